The Balaban J connectivity index is 2.55. The van der Waals surface area contributed by atoms with Crippen LogP contribution in [0.1, 0.15) is 5.56 Å². The highest BCUT2D eigenvalue weighted by molar-refractivity contribution is 9.10. The van der Waals surface area contributed by atoms with E-state index >= 15 is 0 Å². The minimum atomic E-state index is 0.996. The van der Waals surface area contributed by atoms with E-state index < -0.39 is 0 Å². The summed E-state index contributed by atoms with van der Waals surface area (Å²) >= 11 is 3.44. The number of nitrogens with zero attached hydrogens (tertiary/aromatic N) is 2. The summed E-state index contributed by atoms with van der Waals surface area (Å²) in [6.45, 7) is 2.10. The molecule has 0 aliphatic heterocycles. The third-order valence-electron chi connectivity index (χ3n) is 2.24. The number of rotatable bonds is 1. The zero-order valence-corrected chi connectivity index (χ0v) is 9.75. The van der Waals surface area contributed by atoms with Gasteiger partial charge in [-0.2, -0.15) is 5.10 Å². The average molecular weight is 251 g/mol. The molecule has 14 heavy (non-hydrogen) atoms. The zero-order valence-electron chi connectivity index (χ0n) is 8.16. The summed E-state index contributed by atoms with van der Waals surface area (Å²) < 4.78 is 2.82. The molecule has 0 bridgehead atoms. The van der Waals surface area contributed by atoms with Crippen LogP contribution in [-0.2, 0) is 7.05 Å². The van der Waals surface area contributed by atoms with Gasteiger partial charge in [0, 0.05) is 12.6 Å². The van der Waals surface area contributed by atoms with Gasteiger partial charge < -0.3 is 0 Å². The Labute approximate surface area is 91.7 Å². The Kier molecular flexibility index (Phi) is 2.42. The first-order valence-corrected chi connectivity index (χ1v) is 5.23. The molecule has 0 saturated heterocycles. The topological polar surface area (TPSA) is 17.8 Å². The molecule has 0 N–H and O–H groups in total. The second-order valence-electron chi connectivity index (χ2n) is 3.29. The van der Waals surface area contributed by atoms with Crippen molar-refractivity contribution in [2.75, 3.05) is 0 Å². The van der Waals surface area contributed by atoms with Crippen LogP contribution in [0.15, 0.2) is 34.9 Å². The van der Waals surface area contributed by atoms with E-state index in [4.69, 9.17) is 0 Å². The van der Waals surface area contributed by atoms with E-state index in [1.54, 1.807) is 0 Å². The molecule has 2 aromatic rings. The Bertz CT molecular complexity index is 441. The van der Waals surface area contributed by atoms with Crippen LogP contribution in [0.5, 0.6) is 0 Å². The van der Waals surface area contributed by atoms with Gasteiger partial charge in [-0.1, -0.05) is 24.3 Å². The fourth-order valence-electron chi connectivity index (χ4n) is 1.44. The highest BCUT2D eigenvalue weighted by Crippen LogP contribution is 2.24. The van der Waals surface area contributed by atoms with Crippen LogP contribution >= 0.6 is 15.9 Å². The maximum atomic E-state index is 4.41. The number of halogens is 1. The largest absolute Gasteiger partial charge is 0.261 e. The van der Waals surface area contributed by atoms with Gasteiger partial charge in [0.25, 0.3) is 0 Å². The average Bonchev–Trinajstić information content (AvgIpc) is 2.48. The summed E-state index contributed by atoms with van der Waals surface area (Å²) in [5.41, 5.74) is 3.45. The van der Waals surface area contributed by atoms with Crippen molar-refractivity contribution in [3.05, 3.63) is 40.5 Å². The van der Waals surface area contributed by atoms with Gasteiger partial charge in [0.1, 0.15) is 4.60 Å². The fraction of sp³-hybridized carbons (Fsp3) is 0.182. The van der Waals surface area contributed by atoms with E-state index in [-0.39, 0.29) is 0 Å². The second-order valence-corrected chi connectivity index (χ2v) is 4.10. The van der Waals surface area contributed by atoms with E-state index in [1.807, 2.05) is 29.9 Å². The molecule has 0 unspecified atom stereocenters. The molecular weight excluding hydrogens is 240 g/mol. The van der Waals surface area contributed by atoms with Crippen molar-refractivity contribution in [2.24, 2.45) is 7.05 Å². The van der Waals surface area contributed by atoms with Crippen molar-refractivity contribution in [1.82, 2.24) is 9.78 Å². The molecule has 0 aliphatic rings. The van der Waals surface area contributed by atoms with Gasteiger partial charge >= 0.3 is 0 Å². The minimum absolute atomic E-state index is 0.996. The quantitative estimate of drug-likeness (QED) is 0.761. The summed E-state index contributed by atoms with van der Waals surface area (Å²) in [4.78, 5) is 0. The first kappa shape index (κ1) is 9.46. The Morgan fingerprint density at radius 3 is 2.57 bits per heavy atom. The zero-order chi connectivity index (χ0) is 10.1. The van der Waals surface area contributed by atoms with Gasteiger partial charge in [-0.3, -0.25) is 4.68 Å². The minimum Gasteiger partial charge on any atom is -0.261 e. The number of aromatic nitrogens is 2. The number of hydrogen-bond acceptors (Lipinski definition) is 1. The van der Waals surface area contributed by atoms with E-state index in [0.29, 0.717) is 0 Å². The SMILES string of the molecule is Cc1ccccc1-c1cc(Br)n(C)n1. The molecule has 2 rings (SSSR count). The van der Waals surface area contributed by atoms with Crippen molar-refractivity contribution >= 4 is 15.9 Å². The highest BCUT2D eigenvalue weighted by atomic mass is 79.9. The molecule has 3 heteroatoms. The van der Waals surface area contributed by atoms with E-state index in [9.17, 15) is 0 Å². The lowest BCUT2D eigenvalue weighted by atomic mass is 10.1. The smallest absolute Gasteiger partial charge is 0.104 e. The van der Waals surface area contributed by atoms with Gasteiger partial charge in [0.2, 0.25) is 0 Å². The van der Waals surface area contributed by atoms with Gasteiger partial charge in [-0.15, -0.1) is 0 Å². The molecule has 1 aromatic heterocycles. The molecular formula is C11H11BrN2. The highest BCUT2D eigenvalue weighted by Gasteiger charge is 2.06. The van der Waals surface area contributed by atoms with E-state index in [0.717, 1.165) is 10.3 Å². The van der Waals surface area contributed by atoms with Crippen molar-refractivity contribution in [1.29, 1.82) is 0 Å². The molecule has 0 atom stereocenters. The Morgan fingerprint density at radius 2 is 2.00 bits per heavy atom. The lowest BCUT2D eigenvalue weighted by molar-refractivity contribution is 0.752. The van der Waals surface area contributed by atoms with Crippen LogP contribution in [0.3, 0.4) is 0 Å². The van der Waals surface area contributed by atoms with Crippen molar-refractivity contribution in [3.8, 4) is 11.3 Å². The van der Waals surface area contributed by atoms with Gasteiger partial charge in [0.05, 0.1) is 5.69 Å². The molecule has 0 amide bonds. The molecule has 1 aromatic carbocycles. The second kappa shape index (κ2) is 3.58. The molecule has 1 heterocycles. The molecule has 72 valence electrons. The predicted molar refractivity (Wildman–Crippen MR) is 61.1 cm³/mol. The third kappa shape index (κ3) is 1.60. The number of benzene rings is 1. The van der Waals surface area contributed by atoms with Crippen LogP contribution in [-0.4, -0.2) is 9.78 Å². The number of hydrogen-bond donors (Lipinski definition) is 0. The Morgan fingerprint density at radius 1 is 1.29 bits per heavy atom. The molecule has 2 nitrogen and oxygen atoms in total. The van der Waals surface area contributed by atoms with Gasteiger partial charge in [-0.05, 0) is 34.5 Å². The van der Waals surface area contributed by atoms with Crippen LogP contribution in [0.4, 0.5) is 0 Å². The monoisotopic (exact) mass is 250 g/mol. The van der Waals surface area contributed by atoms with Crippen molar-refractivity contribution in [3.63, 3.8) is 0 Å². The van der Waals surface area contributed by atoms with E-state index in [1.165, 1.54) is 11.1 Å². The summed E-state index contributed by atoms with van der Waals surface area (Å²) in [5.74, 6) is 0. The normalized spacial score (nSPS) is 10.5. The van der Waals surface area contributed by atoms with E-state index in [2.05, 4.69) is 40.1 Å². The van der Waals surface area contributed by atoms with Crippen molar-refractivity contribution in [2.45, 2.75) is 6.92 Å². The number of aryl methyl sites for hydroxylation is 2. The lowest BCUT2D eigenvalue weighted by Gasteiger charge is -2.00. The summed E-state index contributed by atoms with van der Waals surface area (Å²) in [6.07, 6.45) is 0. The molecule has 0 radical (unpaired) electrons. The standard InChI is InChI=1S/C11H11BrN2/c1-8-5-3-4-6-9(8)10-7-11(12)14(2)13-10/h3-7H,1-2H3. The van der Waals surface area contributed by atoms with Crippen LogP contribution in [0, 0.1) is 6.92 Å². The maximum Gasteiger partial charge on any atom is 0.104 e. The Hall–Kier alpha value is -1.09. The summed E-state index contributed by atoms with van der Waals surface area (Å²) in [5, 5.41) is 4.41. The molecule has 0 aliphatic carbocycles. The first-order chi connectivity index (χ1) is 6.68. The molecule has 0 fully saturated rings. The van der Waals surface area contributed by atoms with Crippen molar-refractivity contribution < 1.29 is 0 Å². The summed E-state index contributed by atoms with van der Waals surface area (Å²) in [6, 6.07) is 10.3. The van der Waals surface area contributed by atoms with Crippen LogP contribution in [0.25, 0.3) is 11.3 Å². The lowest BCUT2D eigenvalue weighted by Crippen LogP contribution is -1.90. The summed E-state index contributed by atoms with van der Waals surface area (Å²) in [7, 11) is 1.92. The van der Waals surface area contributed by atoms with Gasteiger partial charge in [0.15, 0.2) is 0 Å². The van der Waals surface area contributed by atoms with Crippen LogP contribution in [0.2, 0.25) is 0 Å². The molecule has 0 spiro atoms. The van der Waals surface area contributed by atoms with Gasteiger partial charge in [-0.25, -0.2) is 0 Å². The van der Waals surface area contributed by atoms with Crippen LogP contribution < -0.4 is 0 Å². The first-order valence-electron chi connectivity index (χ1n) is 4.44. The molecule has 0 saturated carbocycles. The maximum absolute atomic E-state index is 4.41. The fourth-order valence-corrected chi connectivity index (χ4v) is 1.73. The third-order valence-corrected chi connectivity index (χ3v) is 2.99. The predicted octanol–water partition coefficient (Wildman–Crippen LogP) is 3.16.